The van der Waals surface area contributed by atoms with Crippen molar-refractivity contribution >= 4 is 23.0 Å². The molecule has 4 aromatic rings. The van der Waals surface area contributed by atoms with Gasteiger partial charge in [0, 0.05) is 24.8 Å². The summed E-state index contributed by atoms with van der Waals surface area (Å²) in [6, 6.07) is 20.7. The van der Waals surface area contributed by atoms with Gasteiger partial charge in [-0.15, -0.1) is 0 Å². The zero-order chi connectivity index (χ0) is 22.9. The van der Waals surface area contributed by atoms with Gasteiger partial charge in [-0.05, 0) is 39.9 Å². The number of carboxylic acid groups (broad SMARTS) is 1. The average Bonchev–Trinajstić information content (AvgIpc) is 3.42. The second-order valence-corrected chi connectivity index (χ2v) is 8.26. The van der Waals surface area contributed by atoms with Crippen LogP contribution in [0.3, 0.4) is 0 Å². The van der Waals surface area contributed by atoms with Crippen LogP contribution >= 0.6 is 0 Å². The van der Waals surface area contributed by atoms with Crippen LogP contribution in [0, 0.1) is 0 Å². The first-order chi connectivity index (χ1) is 16.0. The number of aliphatic carboxylic acids is 1. The molecular formula is C26H23N3O4. The van der Waals surface area contributed by atoms with E-state index in [1.54, 1.807) is 6.20 Å². The fourth-order valence-electron chi connectivity index (χ4n) is 4.56. The second kappa shape index (κ2) is 8.43. The van der Waals surface area contributed by atoms with E-state index >= 15 is 0 Å². The minimum Gasteiger partial charge on any atom is -0.480 e. The van der Waals surface area contributed by atoms with Gasteiger partial charge in [0.2, 0.25) is 0 Å². The number of nitrogens with one attached hydrogen (secondary N) is 1. The van der Waals surface area contributed by atoms with Gasteiger partial charge < -0.3 is 9.84 Å². The van der Waals surface area contributed by atoms with E-state index in [1.165, 1.54) is 7.05 Å². The molecule has 1 aliphatic carbocycles. The average molecular weight is 441 g/mol. The van der Waals surface area contributed by atoms with Crippen LogP contribution in [0.2, 0.25) is 0 Å². The number of carbonyl (C=O) groups is 2. The van der Waals surface area contributed by atoms with Crippen molar-refractivity contribution in [3.63, 3.8) is 0 Å². The summed E-state index contributed by atoms with van der Waals surface area (Å²) >= 11 is 0. The zero-order valence-electron chi connectivity index (χ0n) is 18.1. The monoisotopic (exact) mass is 441 g/mol. The summed E-state index contributed by atoms with van der Waals surface area (Å²) < 4.78 is 5.64. The number of benzene rings is 3. The van der Waals surface area contributed by atoms with Crippen LogP contribution in [0.5, 0.6) is 0 Å². The SMILES string of the molecule is CN(C(=O)OCC1c2ccccc2-c2ccccc21)[C@@H](Cc1ccc2[nH]ncc2c1)C(=O)O. The molecule has 1 aliphatic rings. The second-order valence-electron chi connectivity index (χ2n) is 8.26. The number of fused-ring (bicyclic) bond motifs is 4. The highest BCUT2D eigenvalue weighted by atomic mass is 16.6. The molecule has 1 heterocycles. The Labute approximate surface area is 190 Å². The third kappa shape index (κ3) is 3.82. The van der Waals surface area contributed by atoms with Crippen LogP contribution < -0.4 is 0 Å². The maximum absolute atomic E-state index is 12.9. The number of rotatable bonds is 6. The number of H-pyrrole nitrogens is 1. The summed E-state index contributed by atoms with van der Waals surface area (Å²) in [7, 11) is 1.47. The normalized spacial score (nSPS) is 13.4. The van der Waals surface area contributed by atoms with Crippen molar-refractivity contribution in [2.24, 2.45) is 0 Å². The van der Waals surface area contributed by atoms with Gasteiger partial charge in [-0.1, -0.05) is 54.6 Å². The van der Waals surface area contributed by atoms with Gasteiger partial charge in [0.05, 0.1) is 11.7 Å². The number of carbonyl (C=O) groups excluding carboxylic acids is 1. The Hall–Kier alpha value is -4.13. The summed E-state index contributed by atoms with van der Waals surface area (Å²) in [6.07, 6.45) is 1.19. The summed E-state index contributed by atoms with van der Waals surface area (Å²) in [6.45, 7) is 0.143. The molecule has 1 aromatic heterocycles. The van der Waals surface area contributed by atoms with E-state index < -0.39 is 18.1 Å². The lowest BCUT2D eigenvalue weighted by Crippen LogP contribution is -2.44. The van der Waals surface area contributed by atoms with Gasteiger partial charge in [-0.3, -0.25) is 10.00 Å². The standard InChI is InChI=1S/C26H23N3O4/c1-29(24(25(30)31)13-16-10-11-23-17(12-16)14-27-28-23)26(32)33-15-22-20-8-4-2-6-18(20)19-7-3-5-9-21(19)22/h2-12,14,22,24H,13,15H2,1H3,(H,27,28)(H,30,31)/t24-/m0/s1. The smallest absolute Gasteiger partial charge is 0.410 e. The molecule has 7 nitrogen and oxygen atoms in total. The summed E-state index contributed by atoms with van der Waals surface area (Å²) in [5, 5.41) is 17.5. The third-order valence-corrected chi connectivity index (χ3v) is 6.31. The predicted octanol–water partition coefficient (Wildman–Crippen LogP) is 4.44. The quantitative estimate of drug-likeness (QED) is 0.461. The highest BCUT2D eigenvalue weighted by Gasteiger charge is 2.32. The Kier molecular flexibility index (Phi) is 5.30. The Bertz CT molecular complexity index is 1300. The van der Waals surface area contributed by atoms with Crippen molar-refractivity contribution in [2.75, 3.05) is 13.7 Å². The molecule has 0 spiro atoms. The minimum absolute atomic E-state index is 0.0819. The molecule has 7 heteroatoms. The van der Waals surface area contributed by atoms with Crippen LogP contribution in [0.4, 0.5) is 4.79 Å². The van der Waals surface area contributed by atoms with E-state index in [9.17, 15) is 14.7 Å². The predicted molar refractivity (Wildman–Crippen MR) is 124 cm³/mol. The molecule has 0 bridgehead atoms. The molecule has 1 amide bonds. The van der Waals surface area contributed by atoms with Crippen LogP contribution in [0.25, 0.3) is 22.0 Å². The number of aromatic nitrogens is 2. The first-order valence-electron chi connectivity index (χ1n) is 10.8. The molecule has 33 heavy (non-hydrogen) atoms. The third-order valence-electron chi connectivity index (χ3n) is 6.31. The highest BCUT2D eigenvalue weighted by Crippen LogP contribution is 2.44. The number of nitrogens with zero attached hydrogens (tertiary/aromatic N) is 2. The molecule has 0 aliphatic heterocycles. The molecule has 166 valence electrons. The van der Waals surface area contributed by atoms with E-state index in [-0.39, 0.29) is 18.9 Å². The molecule has 0 radical (unpaired) electrons. The molecular weight excluding hydrogens is 418 g/mol. The molecule has 5 rings (SSSR count). The van der Waals surface area contributed by atoms with Gasteiger partial charge >= 0.3 is 12.1 Å². The first-order valence-corrected chi connectivity index (χ1v) is 10.8. The minimum atomic E-state index is -1.08. The number of hydrogen-bond donors (Lipinski definition) is 2. The van der Waals surface area contributed by atoms with Crippen molar-refractivity contribution in [2.45, 2.75) is 18.4 Å². The lowest BCUT2D eigenvalue weighted by Gasteiger charge is -2.25. The maximum Gasteiger partial charge on any atom is 0.410 e. The summed E-state index contributed by atoms with van der Waals surface area (Å²) in [5.41, 5.74) is 6.17. The van der Waals surface area contributed by atoms with Crippen LogP contribution in [0.1, 0.15) is 22.6 Å². The van der Waals surface area contributed by atoms with Crippen molar-refractivity contribution in [3.05, 3.63) is 89.6 Å². The lowest BCUT2D eigenvalue weighted by molar-refractivity contribution is -0.142. The Morgan fingerprint density at radius 3 is 2.39 bits per heavy atom. The summed E-state index contributed by atoms with van der Waals surface area (Å²) in [4.78, 5) is 26.0. The van der Waals surface area contributed by atoms with Gasteiger partial charge in [0.25, 0.3) is 0 Å². The van der Waals surface area contributed by atoms with Crippen LogP contribution in [0.15, 0.2) is 72.9 Å². The molecule has 3 aromatic carbocycles. The summed E-state index contributed by atoms with van der Waals surface area (Å²) in [5.74, 6) is -1.17. The Balaban J connectivity index is 1.31. The Morgan fingerprint density at radius 2 is 1.73 bits per heavy atom. The lowest BCUT2D eigenvalue weighted by atomic mass is 9.98. The molecule has 1 atom stereocenters. The van der Waals surface area contributed by atoms with Crippen molar-refractivity contribution in [3.8, 4) is 11.1 Å². The molecule has 0 fully saturated rings. The van der Waals surface area contributed by atoms with Gasteiger partial charge in [0.1, 0.15) is 12.6 Å². The number of amides is 1. The molecule has 0 saturated carbocycles. The highest BCUT2D eigenvalue weighted by molar-refractivity contribution is 5.82. The van der Waals surface area contributed by atoms with E-state index in [0.717, 1.165) is 43.6 Å². The van der Waals surface area contributed by atoms with Gasteiger partial charge in [0.15, 0.2) is 0 Å². The molecule has 0 unspecified atom stereocenters. The van der Waals surface area contributed by atoms with Crippen LogP contribution in [-0.4, -0.2) is 52.0 Å². The van der Waals surface area contributed by atoms with Gasteiger partial charge in [-0.25, -0.2) is 9.59 Å². The van der Waals surface area contributed by atoms with Crippen molar-refractivity contribution in [1.82, 2.24) is 15.1 Å². The fraction of sp³-hybridized carbons (Fsp3) is 0.192. The number of aromatic amines is 1. The van der Waals surface area contributed by atoms with Crippen molar-refractivity contribution in [1.29, 1.82) is 0 Å². The van der Waals surface area contributed by atoms with E-state index in [0.29, 0.717) is 0 Å². The van der Waals surface area contributed by atoms with E-state index in [2.05, 4.69) is 22.3 Å². The molecule has 2 N–H and O–H groups in total. The zero-order valence-corrected chi connectivity index (χ0v) is 18.1. The maximum atomic E-state index is 12.9. The Morgan fingerprint density at radius 1 is 1.06 bits per heavy atom. The van der Waals surface area contributed by atoms with Crippen molar-refractivity contribution < 1.29 is 19.4 Å². The number of carboxylic acids is 1. The number of hydrogen-bond acceptors (Lipinski definition) is 4. The topological polar surface area (TPSA) is 95.5 Å². The van der Waals surface area contributed by atoms with E-state index in [1.807, 2.05) is 54.6 Å². The number of ether oxygens (including phenoxy) is 1. The number of likely N-dealkylation sites (N-methyl/N-ethyl adjacent to an activating group) is 1. The van der Waals surface area contributed by atoms with Gasteiger partial charge in [-0.2, -0.15) is 5.10 Å². The molecule has 0 saturated heterocycles. The van der Waals surface area contributed by atoms with E-state index in [4.69, 9.17) is 4.74 Å². The first kappa shape index (κ1) is 20.8. The van der Waals surface area contributed by atoms with Crippen LogP contribution in [-0.2, 0) is 16.0 Å². The fourth-order valence-corrected chi connectivity index (χ4v) is 4.56. The largest absolute Gasteiger partial charge is 0.480 e.